The number of hydrogen-bond donors (Lipinski definition) is 5. The van der Waals surface area contributed by atoms with Gasteiger partial charge in [0.2, 0.25) is 0 Å². The standard InChI is InChI=1S/C6H14N2O2.C4H9NO2/c7-4-2-1-3-5(8)6(9)10;1-2-3(5)4(6)7/h5H,1-4,7-8H2,(H,9,10);3H,2,5H2,1H3,(H,6,7)/t5-;/m0./s1. The quantitative estimate of drug-likeness (QED) is 0.375. The maximum absolute atomic E-state index is 10.1. The molecular weight excluding hydrogens is 226 g/mol. The highest BCUT2D eigenvalue weighted by Gasteiger charge is 2.09. The summed E-state index contributed by atoms with van der Waals surface area (Å²) in [6.45, 7) is 2.34. The lowest BCUT2D eigenvalue weighted by molar-refractivity contribution is -0.139. The van der Waals surface area contributed by atoms with E-state index in [2.05, 4.69) is 0 Å². The summed E-state index contributed by atoms with van der Waals surface area (Å²) in [5.74, 6) is -1.86. The summed E-state index contributed by atoms with van der Waals surface area (Å²) in [6, 6.07) is -1.40. The van der Waals surface area contributed by atoms with Crippen LogP contribution in [0.5, 0.6) is 0 Å². The van der Waals surface area contributed by atoms with Crippen LogP contribution in [0.2, 0.25) is 0 Å². The lowest BCUT2D eigenvalue weighted by atomic mass is 10.1. The molecule has 0 aromatic rings. The monoisotopic (exact) mass is 249 g/mol. The molecule has 0 saturated heterocycles. The molecule has 1 unspecified atom stereocenters. The van der Waals surface area contributed by atoms with Crippen molar-refractivity contribution in [2.45, 2.75) is 44.7 Å². The Kier molecular flexibility index (Phi) is 12.1. The molecular formula is C10H23N3O4. The first kappa shape index (κ1) is 18.2. The molecule has 102 valence electrons. The average Bonchev–Trinajstić information content (AvgIpc) is 2.28. The van der Waals surface area contributed by atoms with Crippen molar-refractivity contribution in [3.8, 4) is 0 Å². The third-order valence-electron chi connectivity index (χ3n) is 2.04. The summed E-state index contributed by atoms with van der Waals surface area (Å²) in [5.41, 5.74) is 15.4. The number of carboxylic acids is 2. The molecule has 17 heavy (non-hydrogen) atoms. The van der Waals surface area contributed by atoms with E-state index in [1.807, 2.05) is 0 Å². The Hall–Kier alpha value is -1.18. The molecule has 0 heterocycles. The van der Waals surface area contributed by atoms with Crippen molar-refractivity contribution in [1.29, 1.82) is 0 Å². The smallest absolute Gasteiger partial charge is 0.320 e. The zero-order valence-electron chi connectivity index (χ0n) is 10.1. The Balaban J connectivity index is 0. The Morgan fingerprint density at radius 1 is 1.06 bits per heavy atom. The maximum atomic E-state index is 10.1. The molecule has 8 N–H and O–H groups in total. The summed E-state index contributed by atoms with van der Waals surface area (Å²) in [7, 11) is 0. The van der Waals surface area contributed by atoms with Crippen LogP contribution < -0.4 is 17.2 Å². The minimum atomic E-state index is -0.933. The van der Waals surface area contributed by atoms with Crippen LogP contribution in [0.4, 0.5) is 0 Å². The van der Waals surface area contributed by atoms with E-state index in [0.29, 0.717) is 19.4 Å². The van der Waals surface area contributed by atoms with E-state index in [1.54, 1.807) is 6.92 Å². The maximum Gasteiger partial charge on any atom is 0.320 e. The van der Waals surface area contributed by atoms with Crippen LogP contribution in [0.25, 0.3) is 0 Å². The molecule has 0 spiro atoms. The van der Waals surface area contributed by atoms with Gasteiger partial charge in [-0.3, -0.25) is 9.59 Å². The molecule has 0 saturated carbocycles. The Morgan fingerprint density at radius 2 is 1.53 bits per heavy atom. The average molecular weight is 249 g/mol. The van der Waals surface area contributed by atoms with Gasteiger partial charge in [-0.15, -0.1) is 0 Å². The highest BCUT2D eigenvalue weighted by molar-refractivity contribution is 5.73. The number of unbranched alkanes of at least 4 members (excludes halogenated alkanes) is 1. The number of carboxylic acid groups (broad SMARTS) is 2. The van der Waals surface area contributed by atoms with Gasteiger partial charge >= 0.3 is 11.9 Å². The van der Waals surface area contributed by atoms with Gasteiger partial charge in [-0.05, 0) is 25.8 Å². The van der Waals surface area contributed by atoms with E-state index in [1.165, 1.54) is 0 Å². The zero-order chi connectivity index (χ0) is 13.8. The molecule has 0 aliphatic heterocycles. The van der Waals surface area contributed by atoms with Gasteiger partial charge in [0.25, 0.3) is 0 Å². The Morgan fingerprint density at radius 3 is 1.76 bits per heavy atom. The molecule has 0 aliphatic rings. The fourth-order valence-corrected chi connectivity index (χ4v) is 0.807. The fourth-order valence-electron chi connectivity index (χ4n) is 0.807. The van der Waals surface area contributed by atoms with E-state index < -0.39 is 24.0 Å². The number of hydrogen-bond acceptors (Lipinski definition) is 5. The number of nitrogens with two attached hydrogens (primary N) is 3. The molecule has 0 radical (unpaired) electrons. The summed E-state index contributed by atoms with van der Waals surface area (Å²) in [6.07, 6.45) is 2.66. The molecule has 0 bridgehead atoms. The van der Waals surface area contributed by atoms with E-state index in [0.717, 1.165) is 12.8 Å². The second-order valence-electron chi connectivity index (χ2n) is 3.58. The minimum Gasteiger partial charge on any atom is -0.480 e. The van der Waals surface area contributed by atoms with Gasteiger partial charge in [0.1, 0.15) is 12.1 Å². The topological polar surface area (TPSA) is 153 Å². The summed E-state index contributed by atoms with van der Waals surface area (Å²) in [5, 5.41) is 16.4. The van der Waals surface area contributed by atoms with Crippen LogP contribution in [-0.2, 0) is 9.59 Å². The number of carbonyl (C=O) groups is 2. The Bertz CT molecular complexity index is 224. The highest BCUT2D eigenvalue weighted by atomic mass is 16.4. The number of aliphatic carboxylic acids is 2. The van der Waals surface area contributed by atoms with E-state index in [4.69, 9.17) is 27.4 Å². The van der Waals surface area contributed by atoms with Crippen molar-refractivity contribution in [2.75, 3.05) is 6.54 Å². The predicted molar refractivity (Wildman–Crippen MR) is 64.4 cm³/mol. The lowest BCUT2D eigenvalue weighted by Crippen LogP contribution is -2.29. The van der Waals surface area contributed by atoms with Gasteiger partial charge < -0.3 is 27.4 Å². The normalized spacial score (nSPS) is 13.2. The largest absolute Gasteiger partial charge is 0.480 e. The van der Waals surface area contributed by atoms with Crippen molar-refractivity contribution in [2.24, 2.45) is 17.2 Å². The SMILES string of the molecule is CCC(N)C(=O)O.NCCCC[C@H](N)C(=O)O. The van der Waals surface area contributed by atoms with Gasteiger partial charge in [0.05, 0.1) is 0 Å². The molecule has 0 amide bonds. The van der Waals surface area contributed by atoms with Crippen molar-refractivity contribution in [3.05, 3.63) is 0 Å². The van der Waals surface area contributed by atoms with Crippen LogP contribution in [0.1, 0.15) is 32.6 Å². The first-order valence-corrected chi connectivity index (χ1v) is 5.53. The van der Waals surface area contributed by atoms with Crippen molar-refractivity contribution in [3.63, 3.8) is 0 Å². The van der Waals surface area contributed by atoms with Crippen LogP contribution in [-0.4, -0.2) is 40.8 Å². The van der Waals surface area contributed by atoms with Crippen molar-refractivity contribution < 1.29 is 19.8 Å². The molecule has 0 rings (SSSR count). The highest BCUT2D eigenvalue weighted by Crippen LogP contribution is 1.96. The third kappa shape index (κ3) is 12.8. The number of rotatable bonds is 7. The van der Waals surface area contributed by atoms with E-state index in [9.17, 15) is 9.59 Å². The lowest BCUT2D eigenvalue weighted by Gasteiger charge is -2.03. The van der Waals surface area contributed by atoms with Crippen LogP contribution in [0, 0.1) is 0 Å². The van der Waals surface area contributed by atoms with Gasteiger partial charge in [-0.1, -0.05) is 13.3 Å². The van der Waals surface area contributed by atoms with Gasteiger partial charge in [-0.25, -0.2) is 0 Å². The van der Waals surface area contributed by atoms with Gasteiger partial charge in [0, 0.05) is 0 Å². The predicted octanol–water partition coefficient (Wildman–Crippen LogP) is -0.664. The van der Waals surface area contributed by atoms with Crippen molar-refractivity contribution in [1.82, 2.24) is 0 Å². The van der Waals surface area contributed by atoms with Gasteiger partial charge in [-0.2, -0.15) is 0 Å². The van der Waals surface area contributed by atoms with Crippen molar-refractivity contribution >= 4 is 11.9 Å². The molecule has 0 aromatic carbocycles. The van der Waals surface area contributed by atoms with E-state index >= 15 is 0 Å². The molecule has 0 fully saturated rings. The zero-order valence-corrected chi connectivity index (χ0v) is 10.1. The third-order valence-corrected chi connectivity index (χ3v) is 2.04. The first-order chi connectivity index (χ1) is 7.86. The minimum absolute atomic E-state index is 0.495. The van der Waals surface area contributed by atoms with Crippen LogP contribution >= 0.6 is 0 Å². The second-order valence-corrected chi connectivity index (χ2v) is 3.58. The summed E-state index contributed by atoms with van der Waals surface area (Å²) < 4.78 is 0. The molecule has 7 heteroatoms. The molecule has 0 aliphatic carbocycles. The molecule has 7 nitrogen and oxygen atoms in total. The van der Waals surface area contributed by atoms with Crippen LogP contribution in [0.3, 0.4) is 0 Å². The molecule has 0 aromatic heterocycles. The summed E-state index contributed by atoms with van der Waals surface area (Å²) >= 11 is 0. The van der Waals surface area contributed by atoms with Crippen LogP contribution in [0.15, 0.2) is 0 Å². The Labute approximate surface area is 101 Å². The first-order valence-electron chi connectivity index (χ1n) is 5.53. The molecule has 2 atom stereocenters. The second kappa shape index (κ2) is 11.3. The van der Waals surface area contributed by atoms with E-state index in [-0.39, 0.29) is 0 Å². The summed E-state index contributed by atoms with van der Waals surface area (Å²) in [4.78, 5) is 19.9. The van der Waals surface area contributed by atoms with Gasteiger partial charge in [0.15, 0.2) is 0 Å². The fraction of sp³-hybridized carbons (Fsp3) is 0.800.